The Balaban J connectivity index is 2.04. The van der Waals surface area contributed by atoms with E-state index in [9.17, 15) is 10.2 Å². The van der Waals surface area contributed by atoms with Gasteiger partial charge in [0.2, 0.25) is 0 Å². The molecule has 2 aromatic carbocycles. The number of ether oxygens (including phenoxy) is 1. The van der Waals surface area contributed by atoms with Gasteiger partial charge in [-0.05, 0) is 85.1 Å². The number of benzene rings is 2. The Morgan fingerprint density at radius 1 is 1.07 bits per heavy atom. The molecule has 2 N–H and O–H groups in total. The molecule has 0 spiro atoms. The molecule has 0 radical (unpaired) electrons. The highest BCUT2D eigenvalue weighted by Gasteiger charge is 2.20. The van der Waals surface area contributed by atoms with Crippen molar-refractivity contribution in [3.8, 4) is 5.75 Å². The second kappa shape index (κ2) is 11.2. The van der Waals surface area contributed by atoms with Crippen LogP contribution >= 0.6 is 0 Å². The van der Waals surface area contributed by atoms with E-state index in [-0.39, 0.29) is 6.61 Å². The summed E-state index contributed by atoms with van der Waals surface area (Å²) < 4.78 is 5.96. The standard InChI is InChI=1S/C26H36O3/c1-5-22(12-9-15-26(28,6-2)7-3)23-11-8-10-21(17-23)19-29-25-14-13-24(18-27)20(4)16-25/h8,10-14,16-17,27-28H,5-7,9,15,18-19H2,1-4H3/b22-12+. The van der Waals surface area contributed by atoms with Crippen molar-refractivity contribution in [2.24, 2.45) is 0 Å². The summed E-state index contributed by atoms with van der Waals surface area (Å²) in [6.07, 6.45) is 6.51. The third-order valence-corrected chi connectivity index (χ3v) is 5.89. The van der Waals surface area contributed by atoms with Gasteiger partial charge >= 0.3 is 0 Å². The number of aryl methyl sites for hydroxylation is 1. The number of hydrogen-bond donors (Lipinski definition) is 2. The highest BCUT2D eigenvalue weighted by molar-refractivity contribution is 5.65. The van der Waals surface area contributed by atoms with Gasteiger partial charge in [0.05, 0.1) is 12.2 Å². The second-order valence-corrected chi connectivity index (χ2v) is 7.79. The van der Waals surface area contributed by atoms with Crippen molar-refractivity contribution in [3.05, 3.63) is 70.8 Å². The van der Waals surface area contributed by atoms with Crippen molar-refractivity contribution in [1.29, 1.82) is 0 Å². The summed E-state index contributed by atoms with van der Waals surface area (Å²) in [5.41, 5.74) is 5.07. The molecule has 158 valence electrons. The van der Waals surface area contributed by atoms with Crippen LogP contribution in [0.2, 0.25) is 0 Å². The third-order valence-electron chi connectivity index (χ3n) is 5.89. The van der Waals surface area contributed by atoms with E-state index in [4.69, 9.17) is 4.74 Å². The summed E-state index contributed by atoms with van der Waals surface area (Å²) in [6, 6.07) is 14.3. The fourth-order valence-corrected chi connectivity index (χ4v) is 3.55. The number of hydrogen-bond acceptors (Lipinski definition) is 3. The van der Waals surface area contributed by atoms with Crippen LogP contribution in [0.4, 0.5) is 0 Å². The molecular weight excluding hydrogens is 360 g/mol. The van der Waals surface area contributed by atoms with E-state index in [1.54, 1.807) is 0 Å². The SMILES string of the molecule is CC/C(=C\CCC(O)(CC)CC)c1cccc(COc2ccc(CO)c(C)c2)c1. The van der Waals surface area contributed by atoms with Crippen LogP contribution in [0.25, 0.3) is 5.57 Å². The van der Waals surface area contributed by atoms with E-state index in [1.807, 2.05) is 25.1 Å². The molecule has 2 rings (SSSR count). The third kappa shape index (κ3) is 6.73. The molecule has 0 fully saturated rings. The van der Waals surface area contributed by atoms with Crippen LogP contribution in [0, 0.1) is 6.92 Å². The molecule has 0 heterocycles. The molecule has 29 heavy (non-hydrogen) atoms. The molecule has 0 aliphatic carbocycles. The zero-order chi connectivity index (χ0) is 21.3. The molecule has 3 nitrogen and oxygen atoms in total. The van der Waals surface area contributed by atoms with Gasteiger partial charge in [-0.2, -0.15) is 0 Å². The van der Waals surface area contributed by atoms with Crippen LogP contribution in [0.15, 0.2) is 48.5 Å². The highest BCUT2D eigenvalue weighted by atomic mass is 16.5. The molecule has 0 unspecified atom stereocenters. The summed E-state index contributed by atoms with van der Waals surface area (Å²) in [6.45, 7) is 8.82. The minimum atomic E-state index is -0.547. The molecular formula is C26H36O3. The normalized spacial score (nSPS) is 12.3. The molecule has 0 saturated carbocycles. The molecule has 0 amide bonds. The minimum absolute atomic E-state index is 0.0498. The Bertz CT molecular complexity index is 803. The quantitative estimate of drug-likeness (QED) is 0.476. The highest BCUT2D eigenvalue weighted by Crippen LogP contribution is 2.25. The average Bonchev–Trinajstić information content (AvgIpc) is 2.75. The number of allylic oxidation sites excluding steroid dienone is 2. The van der Waals surface area contributed by atoms with Crippen molar-refractivity contribution in [2.75, 3.05) is 0 Å². The first-order valence-electron chi connectivity index (χ1n) is 10.8. The van der Waals surface area contributed by atoms with E-state index < -0.39 is 5.60 Å². The summed E-state index contributed by atoms with van der Waals surface area (Å²) in [5, 5.41) is 19.8. The Hall–Kier alpha value is -2.10. The average molecular weight is 397 g/mol. The van der Waals surface area contributed by atoms with Crippen LogP contribution in [0.1, 0.15) is 75.1 Å². The Morgan fingerprint density at radius 2 is 1.83 bits per heavy atom. The molecule has 0 aliphatic heterocycles. The monoisotopic (exact) mass is 396 g/mol. The van der Waals surface area contributed by atoms with Gasteiger partial charge in [0.1, 0.15) is 12.4 Å². The van der Waals surface area contributed by atoms with Crippen LogP contribution in [0.3, 0.4) is 0 Å². The molecule has 3 heteroatoms. The van der Waals surface area contributed by atoms with Crippen molar-refractivity contribution >= 4 is 5.57 Å². The van der Waals surface area contributed by atoms with E-state index in [0.29, 0.717) is 6.61 Å². The van der Waals surface area contributed by atoms with Gasteiger partial charge in [0.25, 0.3) is 0 Å². The second-order valence-electron chi connectivity index (χ2n) is 7.79. The molecule has 0 aliphatic rings. The zero-order valence-electron chi connectivity index (χ0n) is 18.4. The number of aliphatic hydroxyl groups excluding tert-OH is 1. The molecule has 0 aromatic heterocycles. The lowest BCUT2D eigenvalue weighted by Crippen LogP contribution is -2.25. The first kappa shape index (κ1) is 23.2. The molecule has 2 aromatic rings. The fraction of sp³-hybridized carbons (Fsp3) is 0.462. The topological polar surface area (TPSA) is 49.7 Å². The lowest BCUT2D eigenvalue weighted by atomic mass is 9.90. The predicted molar refractivity (Wildman–Crippen MR) is 121 cm³/mol. The summed E-state index contributed by atoms with van der Waals surface area (Å²) in [4.78, 5) is 0. The van der Waals surface area contributed by atoms with E-state index in [2.05, 4.69) is 51.1 Å². The minimum Gasteiger partial charge on any atom is -0.489 e. The number of aliphatic hydroxyl groups is 2. The van der Waals surface area contributed by atoms with Gasteiger partial charge < -0.3 is 14.9 Å². The van der Waals surface area contributed by atoms with Gasteiger partial charge in [-0.15, -0.1) is 0 Å². The van der Waals surface area contributed by atoms with E-state index in [0.717, 1.165) is 54.5 Å². The van der Waals surface area contributed by atoms with Crippen molar-refractivity contribution in [3.63, 3.8) is 0 Å². The Morgan fingerprint density at radius 3 is 2.45 bits per heavy atom. The smallest absolute Gasteiger partial charge is 0.120 e. The van der Waals surface area contributed by atoms with Gasteiger partial charge in [0, 0.05) is 0 Å². The predicted octanol–water partition coefficient (Wildman–Crippen LogP) is 6.19. The van der Waals surface area contributed by atoms with Gasteiger partial charge in [-0.1, -0.05) is 51.1 Å². The zero-order valence-corrected chi connectivity index (χ0v) is 18.4. The van der Waals surface area contributed by atoms with Crippen molar-refractivity contribution in [2.45, 2.75) is 78.6 Å². The van der Waals surface area contributed by atoms with Crippen LogP contribution in [0.5, 0.6) is 5.75 Å². The first-order valence-corrected chi connectivity index (χ1v) is 10.8. The lowest BCUT2D eigenvalue weighted by Gasteiger charge is -2.24. The first-order chi connectivity index (χ1) is 13.9. The van der Waals surface area contributed by atoms with E-state index in [1.165, 1.54) is 11.1 Å². The van der Waals surface area contributed by atoms with Gasteiger partial charge in [-0.3, -0.25) is 0 Å². The number of rotatable bonds is 11. The van der Waals surface area contributed by atoms with Gasteiger partial charge in [0.15, 0.2) is 0 Å². The van der Waals surface area contributed by atoms with Crippen molar-refractivity contribution < 1.29 is 14.9 Å². The molecule has 0 atom stereocenters. The van der Waals surface area contributed by atoms with Crippen LogP contribution in [-0.4, -0.2) is 15.8 Å². The Labute approximate surface area is 176 Å². The summed E-state index contributed by atoms with van der Waals surface area (Å²) >= 11 is 0. The largest absolute Gasteiger partial charge is 0.489 e. The van der Waals surface area contributed by atoms with Crippen molar-refractivity contribution in [1.82, 2.24) is 0 Å². The maximum atomic E-state index is 10.5. The van der Waals surface area contributed by atoms with Crippen LogP contribution < -0.4 is 4.74 Å². The summed E-state index contributed by atoms with van der Waals surface area (Å²) in [7, 11) is 0. The maximum absolute atomic E-state index is 10.5. The maximum Gasteiger partial charge on any atom is 0.120 e. The Kier molecular flexibility index (Phi) is 8.94. The van der Waals surface area contributed by atoms with E-state index >= 15 is 0 Å². The lowest BCUT2D eigenvalue weighted by molar-refractivity contribution is 0.0246. The van der Waals surface area contributed by atoms with Crippen LogP contribution in [-0.2, 0) is 13.2 Å². The molecule has 0 saturated heterocycles. The summed E-state index contributed by atoms with van der Waals surface area (Å²) in [5.74, 6) is 0.815. The molecule has 0 bridgehead atoms. The fourth-order valence-electron chi connectivity index (χ4n) is 3.55. The van der Waals surface area contributed by atoms with Gasteiger partial charge in [-0.25, -0.2) is 0 Å².